The van der Waals surface area contributed by atoms with E-state index < -0.39 is 0 Å². The van der Waals surface area contributed by atoms with E-state index >= 15 is 0 Å². The van der Waals surface area contributed by atoms with Crippen molar-refractivity contribution in [2.75, 3.05) is 0 Å². The minimum absolute atomic E-state index is 0.122. The predicted octanol–water partition coefficient (Wildman–Crippen LogP) is 3.60. The molecule has 3 aromatic rings. The largest absolute Gasteiger partial charge is 0.448 e. The number of oxazole rings is 1. The van der Waals surface area contributed by atoms with Gasteiger partial charge in [-0.1, -0.05) is 24.3 Å². The minimum Gasteiger partial charge on any atom is -0.448 e. The van der Waals surface area contributed by atoms with Gasteiger partial charge in [-0.25, -0.2) is 4.98 Å². The monoisotopic (exact) mass is 285 g/mol. The zero-order valence-corrected chi connectivity index (χ0v) is 11.6. The number of rotatable bonds is 3. The molecule has 0 bridgehead atoms. The Balaban J connectivity index is 2.07. The van der Waals surface area contributed by atoms with E-state index in [-0.39, 0.29) is 5.92 Å². The normalized spacial score (nSPS) is 10.1. The summed E-state index contributed by atoms with van der Waals surface area (Å²) in [5, 5.41) is 17.8. The van der Waals surface area contributed by atoms with Crippen LogP contribution in [0, 0.1) is 22.7 Å². The number of hydrogen-bond donors (Lipinski definition) is 0. The lowest BCUT2D eigenvalue weighted by Gasteiger charge is -2.15. The molecule has 22 heavy (non-hydrogen) atoms. The molecule has 2 aromatic carbocycles. The van der Waals surface area contributed by atoms with Gasteiger partial charge >= 0.3 is 0 Å². The van der Waals surface area contributed by atoms with Crippen LogP contribution >= 0.6 is 0 Å². The second-order valence-electron chi connectivity index (χ2n) is 4.80. The molecule has 4 heteroatoms. The van der Waals surface area contributed by atoms with Gasteiger partial charge in [0.2, 0.25) is 0 Å². The van der Waals surface area contributed by atoms with Crippen LogP contribution in [0.1, 0.15) is 33.9 Å². The van der Waals surface area contributed by atoms with E-state index in [4.69, 9.17) is 14.9 Å². The molecular weight excluding hydrogens is 274 g/mol. The van der Waals surface area contributed by atoms with E-state index in [0.717, 1.165) is 16.9 Å². The topological polar surface area (TPSA) is 73.6 Å². The molecule has 0 aliphatic rings. The highest BCUT2D eigenvalue weighted by Gasteiger charge is 2.20. The van der Waals surface area contributed by atoms with Crippen molar-refractivity contribution in [2.45, 2.75) is 5.92 Å². The van der Waals surface area contributed by atoms with E-state index in [2.05, 4.69) is 17.1 Å². The van der Waals surface area contributed by atoms with Crippen LogP contribution in [0.5, 0.6) is 0 Å². The Kier molecular flexibility index (Phi) is 3.68. The minimum atomic E-state index is -0.122. The van der Waals surface area contributed by atoms with Gasteiger partial charge in [0.1, 0.15) is 5.76 Å². The third-order valence-electron chi connectivity index (χ3n) is 3.48. The molecule has 3 rings (SSSR count). The highest BCUT2D eigenvalue weighted by atomic mass is 16.3. The molecule has 0 saturated carbocycles. The van der Waals surface area contributed by atoms with Crippen molar-refractivity contribution in [1.29, 1.82) is 10.5 Å². The van der Waals surface area contributed by atoms with Crippen molar-refractivity contribution in [2.24, 2.45) is 0 Å². The molecule has 104 valence electrons. The zero-order chi connectivity index (χ0) is 15.4. The Bertz CT molecular complexity index is 778. The molecule has 1 heterocycles. The number of hydrogen-bond acceptors (Lipinski definition) is 4. The molecule has 0 unspecified atom stereocenters. The van der Waals surface area contributed by atoms with Crippen LogP contribution in [-0.4, -0.2) is 4.98 Å². The quantitative estimate of drug-likeness (QED) is 0.737. The number of aromatic nitrogens is 1. The molecule has 0 saturated heterocycles. The summed E-state index contributed by atoms with van der Waals surface area (Å²) in [6.07, 6.45) is 3.08. The van der Waals surface area contributed by atoms with Crippen molar-refractivity contribution >= 4 is 0 Å². The van der Waals surface area contributed by atoms with Crippen molar-refractivity contribution in [3.8, 4) is 12.1 Å². The second kappa shape index (κ2) is 5.95. The van der Waals surface area contributed by atoms with Crippen LogP contribution in [-0.2, 0) is 0 Å². The van der Waals surface area contributed by atoms with Crippen molar-refractivity contribution < 1.29 is 4.42 Å². The third kappa shape index (κ3) is 2.59. The highest BCUT2D eigenvalue weighted by Crippen LogP contribution is 2.31. The Hall–Kier alpha value is -3.37. The summed E-state index contributed by atoms with van der Waals surface area (Å²) >= 11 is 0. The summed E-state index contributed by atoms with van der Waals surface area (Å²) in [5.41, 5.74) is 3.22. The van der Waals surface area contributed by atoms with Crippen molar-refractivity contribution in [1.82, 2.24) is 4.98 Å². The molecule has 0 spiro atoms. The lowest BCUT2D eigenvalue weighted by molar-refractivity contribution is 0.498. The Morgan fingerprint density at radius 2 is 1.32 bits per heavy atom. The maximum atomic E-state index is 8.92. The number of nitriles is 2. The van der Waals surface area contributed by atoms with Gasteiger partial charge in [-0.05, 0) is 35.4 Å². The van der Waals surface area contributed by atoms with Crippen LogP contribution < -0.4 is 0 Å². The molecule has 0 aliphatic carbocycles. The number of nitrogens with zero attached hydrogens (tertiary/aromatic N) is 3. The van der Waals surface area contributed by atoms with E-state index in [0.29, 0.717) is 11.1 Å². The Morgan fingerprint density at radius 3 is 1.68 bits per heavy atom. The smallest absolute Gasteiger partial charge is 0.180 e. The molecule has 0 amide bonds. The molecule has 0 fully saturated rings. The first kappa shape index (κ1) is 13.6. The predicted molar refractivity (Wildman–Crippen MR) is 79.8 cm³/mol. The Labute approximate surface area is 127 Å². The van der Waals surface area contributed by atoms with Gasteiger partial charge in [-0.15, -0.1) is 0 Å². The molecular formula is C18H11N3O. The molecule has 0 atom stereocenters. The van der Waals surface area contributed by atoms with E-state index in [9.17, 15) is 0 Å². The standard InChI is InChI=1S/C18H11N3O/c19-9-13-1-5-15(6-2-13)18(17-11-21-12-22-17)16-7-3-14(10-20)4-8-16/h1-8,11-12,18H. The lowest BCUT2D eigenvalue weighted by Crippen LogP contribution is -2.02. The number of benzene rings is 2. The third-order valence-corrected chi connectivity index (χ3v) is 3.48. The van der Waals surface area contributed by atoms with Crippen LogP contribution in [0.3, 0.4) is 0 Å². The maximum absolute atomic E-state index is 8.92. The van der Waals surface area contributed by atoms with Gasteiger partial charge in [-0.2, -0.15) is 10.5 Å². The van der Waals surface area contributed by atoms with Gasteiger partial charge in [0.05, 0.1) is 35.4 Å². The van der Waals surface area contributed by atoms with E-state index in [1.807, 2.05) is 24.3 Å². The summed E-state index contributed by atoms with van der Waals surface area (Å²) < 4.78 is 5.48. The molecule has 1 aromatic heterocycles. The van der Waals surface area contributed by atoms with Gasteiger partial charge in [0.15, 0.2) is 6.39 Å². The average molecular weight is 285 g/mol. The first-order valence-corrected chi connectivity index (χ1v) is 6.70. The molecule has 0 N–H and O–H groups in total. The first-order valence-electron chi connectivity index (χ1n) is 6.70. The fourth-order valence-corrected chi connectivity index (χ4v) is 2.39. The van der Waals surface area contributed by atoms with Crippen molar-refractivity contribution in [3.63, 3.8) is 0 Å². The summed E-state index contributed by atoms with van der Waals surface area (Å²) in [5.74, 6) is 0.595. The maximum Gasteiger partial charge on any atom is 0.180 e. The van der Waals surface area contributed by atoms with Crippen LogP contribution in [0.2, 0.25) is 0 Å². The van der Waals surface area contributed by atoms with Gasteiger partial charge in [-0.3, -0.25) is 0 Å². The van der Waals surface area contributed by atoms with E-state index in [1.165, 1.54) is 6.39 Å². The summed E-state index contributed by atoms with van der Waals surface area (Å²) in [6.45, 7) is 0. The average Bonchev–Trinajstić information content (AvgIpc) is 3.10. The fourth-order valence-electron chi connectivity index (χ4n) is 2.39. The SMILES string of the molecule is N#Cc1ccc(C(c2ccc(C#N)cc2)c2cnco2)cc1. The molecule has 0 aliphatic heterocycles. The first-order chi connectivity index (χ1) is 10.8. The summed E-state index contributed by atoms with van der Waals surface area (Å²) in [7, 11) is 0. The fraction of sp³-hybridized carbons (Fsp3) is 0.0556. The highest BCUT2D eigenvalue weighted by molar-refractivity contribution is 5.43. The van der Waals surface area contributed by atoms with Gasteiger partial charge in [0.25, 0.3) is 0 Å². The molecule has 0 radical (unpaired) electrons. The van der Waals surface area contributed by atoms with E-state index in [1.54, 1.807) is 30.5 Å². The van der Waals surface area contributed by atoms with Crippen LogP contribution in [0.4, 0.5) is 0 Å². The van der Waals surface area contributed by atoms with Crippen LogP contribution in [0.15, 0.2) is 65.5 Å². The van der Waals surface area contributed by atoms with Gasteiger partial charge < -0.3 is 4.42 Å². The zero-order valence-electron chi connectivity index (χ0n) is 11.6. The Morgan fingerprint density at radius 1 is 0.818 bits per heavy atom. The van der Waals surface area contributed by atoms with Crippen molar-refractivity contribution in [3.05, 3.63) is 89.1 Å². The second-order valence-corrected chi connectivity index (χ2v) is 4.80. The lowest BCUT2D eigenvalue weighted by atomic mass is 9.88. The van der Waals surface area contributed by atoms with Crippen LogP contribution in [0.25, 0.3) is 0 Å². The van der Waals surface area contributed by atoms with Gasteiger partial charge in [0, 0.05) is 0 Å². The summed E-state index contributed by atoms with van der Waals surface area (Å²) in [6, 6.07) is 19.0. The molecule has 4 nitrogen and oxygen atoms in total. The summed E-state index contributed by atoms with van der Waals surface area (Å²) in [4.78, 5) is 3.99.